The van der Waals surface area contributed by atoms with Gasteiger partial charge in [-0.15, -0.1) is 0 Å². The van der Waals surface area contributed by atoms with Crippen molar-refractivity contribution >= 4 is 35.3 Å². The van der Waals surface area contributed by atoms with E-state index in [9.17, 15) is 29.1 Å². The predicted octanol–water partition coefficient (Wildman–Crippen LogP) is 4.04. The molecule has 0 aliphatic carbocycles. The number of imide groups is 1. The highest BCUT2D eigenvalue weighted by atomic mass is 16.4. The minimum absolute atomic E-state index is 0.0741. The van der Waals surface area contributed by atoms with Gasteiger partial charge in [0.25, 0.3) is 17.7 Å². The smallest absolute Gasteiger partial charge is 0.335 e. The predicted molar refractivity (Wildman–Crippen MR) is 249 cm³/mol. The molecule has 0 unspecified atom stereocenters. The van der Waals surface area contributed by atoms with Crippen molar-refractivity contribution in [2.24, 2.45) is 5.73 Å². The summed E-state index contributed by atoms with van der Waals surface area (Å²) < 4.78 is 0. The largest absolute Gasteiger partial charge is 0.478 e. The van der Waals surface area contributed by atoms with Gasteiger partial charge in [-0.25, -0.2) is 19.7 Å². The van der Waals surface area contributed by atoms with E-state index in [1.54, 1.807) is 18.2 Å². The number of nitrogens with two attached hydrogens (primary N) is 1. The molecule has 17 nitrogen and oxygen atoms in total. The van der Waals surface area contributed by atoms with Crippen molar-refractivity contribution < 1.29 is 29.1 Å². The van der Waals surface area contributed by atoms with Crippen molar-refractivity contribution in [3.05, 3.63) is 155 Å². The summed E-state index contributed by atoms with van der Waals surface area (Å²) in [6.45, 7) is 3.68. The van der Waals surface area contributed by atoms with E-state index >= 15 is 0 Å². The van der Waals surface area contributed by atoms with Gasteiger partial charge in [0.1, 0.15) is 0 Å². The number of carboxylic acid groups (broad SMARTS) is 1. The van der Waals surface area contributed by atoms with Crippen LogP contribution in [0.15, 0.2) is 132 Å². The highest BCUT2D eigenvalue weighted by Gasteiger charge is 2.23. The first-order valence-electron chi connectivity index (χ1n) is 21.5. The van der Waals surface area contributed by atoms with Crippen molar-refractivity contribution in [3.63, 3.8) is 0 Å². The maximum absolute atomic E-state index is 13.8. The summed E-state index contributed by atoms with van der Waals surface area (Å²) in [6.07, 6.45) is 10.4. The van der Waals surface area contributed by atoms with Crippen LogP contribution in [0, 0.1) is 12.3 Å². The van der Waals surface area contributed by atoms with E-state index in [1.165, 1.54) is 24.3 Å². The molecule has 0 radical (unpaired) electrons. The fourth-order valence-electron chi connectivity index (χ4n) is 7.21. The number of rotatable bonds is 12. The molecule has 0 saturated carbocycles. The zero-order chi connectivity index (χ0) is 47.0. The number of fused-ring (bicyclic) bond motifs is 5. The Morgan fingerprint density at radius 3 is 2.05 bits per heavy atom. The van der Waals surface area contributed by atoms with E-state index in [-0.39, 0.29) is 74.8 Å². The molecule has 340 valence electrons. The van der Waals surface area contributed by atoms with Crippen LogP contribution < -0.4 is 16.4 Å². The number of hydrogen-bond acceptors (Lipinski definition) is 13. The molecule has 0 aromatic carbocycles. The molecule has 0 fully saturated rings. The Kier molecular flexibility index (Phi) is 16.8. The molecular formula is C49H53N11O6. The summed E-state index contributed by atoms with van der Waals surface area (Å²) >= 11 is 0. The molecule has 6 heterocycles. The molecule has 0 atom stereocenters. The standard InChI is InChI=1S/C49H53N11O6/c1-33-10-5-16-41(54-33)42-17-7-14-39(56-42)31-59-29-37(51)26-34(48(64)53-24-23-52-45(61)20-9-25-60-46(62)21-22-47(60)63)11-3-4-12-35(49(65)66)27-36(50)28-58(2)30-38-13-6-18-43(55-38)44-19-8-15-40(32-59)57-44/h4-8,10-19,21-22,26-27,50H,3,9,20,23-25,28-32,51H2,1-2H3,(H,52,61)(H,53,64)(H,65,66)/b12-4+,34-11+,35-27+,37-26-,50-36?. The van der Waals surface area contributed by atoms with Gasteiger partial charge in [-0.2, -0.15) is 0 Å². The Labute approximate surface area is 383 Å². The number of carbonyl (C=O) groups excluding carboxylic acids is 4. The van der Waals surface area contributed by atoms with Gasteiger partial charge in [0.2, 0.25) is 5.91 Å². The third kappa shape index (κ3) is 14.4. The van der Waals surface area contributed by atoms with E-state index in [0.717, 1.165) is 33.4 Å². The van der Waals surface area contributed by atoms with E-state index in [0.29, 0.717) is 42.4 Å². The normalized spacial score (nSPS) is 18.4. The molecule has 2 aliphatic heterocycles. The molecule has 4 amide bonds. The molecule has 4 aromatic heterocycles. The lowest BCUT2D eigenvalue weighted by Crippen LogP contribution is -2.36. The van der Waals surface area contributed by atoms with Crippen molar-refractivity contribution in [1.29, 1.82) is 5.41 Å². The van der Waals surface area contributed by atoms with Crippen LogP contribution in [-0.4, -0.2) is 115 Å². The molecule has 66 heavy (non-hydrogen) atoms. The summed E-state index contributed by atoms with van der Waals surface area (Å²) in [5, 5.41) is 24.1. The Morgan fingerprint density at radius 1 is 0.742 bits per heavy atom. The number of allylic oxidation sites excluding steroid dienone is 2. The van der Waals surface area contributed by atoms with E-state index in [4.69, 9.17) is 26.1 Å². The Bertz CT molecular complexity index is 2620. The summed E-state index contributed by atoms with van der Waals surface area (Å²) in [6, 6.07) is 22.9. The average Bonchev–Trinajstić information content (AvgIpc) is 3.60. The van der Waals surface area contributed by atoms with Crippen LogP contribution in [-0.2, 0) is 43.6 Å². The van der Waals surface area contributed by atoms with Crippen molar-refractivity contribution in [2.75, 3.05) is 39.8 Å². The van der Waals surface area contributed by atoms with Gasteiger partial charge in [0.15, 0.2) is 0 Å². The van der Waals surface area contributed by atoms with Crippen LogP contribution in [0.1, 0.15) is 42.0 Å². The first-order chi connectivity index (χ1) is 31.8. The molecule has 2 aliphatic rings. The number of amides is 4. The maximum atomic E-state index is 13.8. The molecule has 0 saturated heterocycles. The van der Waals surface area contributed by atoms with Crippen LogP contribution in [0.3, 0.4) is 0 Å². The topological polar surface area (TPSA) is 241 Å². The summed E-state index contributed by atoms with van der Waals surface area (Å²) in [5.74, 6) is -2.82. The van der Waals surface area contributed by atoms with Gasteiger partial charge >= 0.3 is 5.97 Å². The number of nitrogens with one attached hydrogen (secondary N) is 3. The molecule has 6 rings (SSSR count). The first kappa shape index (κ1) is 47.7. The van der Waals surface area contributed by atoms with E-state index in [1.807, 2.05) is 91.7 Å². The Hall–Kier alpha value is -7.76. The van der Waals surface area contributed by atoms with Crippen LogP contribution in [0.2, 0.25) is 0 Å². The van der Waals surface area contributed by atoms with Gasteiger partial charge in [-0.3, -0.25) is 38.9 Å². The van der Waals surface area contributed by atoms with Crippen LogP contribution in [0.5, 0.6) is 0 Å². The number of aliphatic carboxylic acids is 1. The lowest BCUT2D eigenvalue weighted by atomic mass is 10.1. The fraction of sp³-hybridized carbons (Fsp3) is 0.265. The van der Waals surface area contributed by atoms with Gasteiger partial charge in [0.05, 0.1) is 45.4 Å². The average molecular weight is 892 g/mol. The number of aromatic nitrogens is 4. The molecular weight excluding hydrogens is 839 g/mol. The lowest BCUT2D eigenvalue weighted by molar-refractivity contribution is -0.137. The zero-order valence-corrected chi connectivity index (χ0v) is 36.9. The third-order valence-electron chi connectivity index (χ3n) is 10.3. The number of nitrogens with zero attached hydrogens (tertiary/aromatic N) is 7. The third-order valence-corrected chi connectivity index (χ3v) is 10.3. The van der Waals surface area contributed by atoms with Gasteiger partial charge < -0.3 is 26.9 Å². The van der Waals surface area contributed by atoms with Gasteiger partial charge in [-0.05, 0) is 87.5 Å². The number of carboxylic acids is 1. The monoisotopic (exact) mass is 891 g/mol. The summed E-state index contributed by atoms with van der Waals surface area (Å²) in [7, 11) is 1.83. The summed E-state index contributed by atoms with van der Waals surface area (Å²) in [4.78, 5) is 86.6. The minimum atomic E-state index is -1.21. The first-order valence-corrected chi connectivity index (χ1v) is 21.5. The second-order valence-corrected chi connectivity index (χ2v) is 15.8. The SMILES string of the molecule is Cc1cccc(-c2cccc(CN3C/C(N)=C/C(C(=O)NCCNC(=O)CCCN4C(=O)C=CC4=O)=C\C/C=C/C(C(=O)O)=C\C(=N)CN(C)Cc4cccc(n4)-c4cccc(n4)C3)n2)n1. The molecule has 4 bridgehead atoms. The van der Waals surface area contributed by atoms with Crippen LogP contribution >= 0.6 is 0 Å². The maximum Gasteiger partial charge on any atom is 0.335 e. The summed E-state index contributed by atoms with van der Waals surface area (Å²) in [5.41, 5.74) is 13.2. The molecule has 4 aromatic rings. The van der Waals surface area contributed by atoms with Crippen molar-refractivity contribution in [2.45, 2.75) is 45.8 Å². The lowest BCUT2D eigenvalue weighted by Gasteiger charge is -2.23. The molecule has 0 spiro atoms. The Balaban J connectivity index is 1.26. The number of carbonyl (C=O) groups is 5. The van der Waals surface area contributed by atoms with Crippen LogP contribution in [0.4, 0.5) is 0 Å². The highest BCUT2D eigenvalue weighted by molar-refractivity contribution is 6.12. The van der Waals surface area contributed by atoms with Crippen molar-refractivity contribution in [1.82, 2.24) is 45.3 Å². The quantitative estimate of drug-likeness (QED) is 0.0998. The fourth-order valence-corrected chi connectivity index (χ4v) is 7.21. The second kappa shape index (κ2) is 23.3. The van der Waals surface area contributed by atoms with Gasteiger partial charge in [0, 0.05) is 93.6 Å². The van der Waals surface area contributed by atoms with E-state index in [2.05, 4.69) is 20.5 Å². The highest BCUT2D eigenvalue weighted by Crippen LogP contribution is 2.20. The minimum Gasteiger partial charge on any atom is -0.478 e. The number of hydrogen-bond donors (Lipinski definition) is 5. The Morgan fingerprint density at radius 2 is 1.36 bits per heavy atom. The number of pyridine rings is 4. The molecule has 17 heteroatoms. The molecule has 6 N–H and O–H groups in total. The number of aryl methyl sites for hydroxylation is 1. The van der Waals surface area contributed by atoms with Gasteiger partial charge in [-0.1, -0.05) is 42.5 Å². The zero-order valence-electron chi connectivity index (χ0n) is 36.9. The second-order valence-electron chi connectivity index (χ2n) is 15.8. The van der Waals surface area contributed by atoms with Crippen molar-refractivity contribution in [3.8, 4) is 22.8 Å². The van der Waals surface area contributed by atoms with Crippen LogP contribution in [0.25, 0.3) is 22.8 Å². The van der Waals surface area contributed by atoms with E-state index < -0.39 is 23.7 Å².